The van der Waals surface area contributed by atoms with Crippen LogP contribution in [0.3, 0.4) is 0 Å². The van der Waals surface area contributed by atoms with Gasteiger partial charge in [0.2, 0.25) is 5.95 Å². The van der Waals surface area contributed by atoms with E-state index in [2.05, 4.69) is 20.5 Å². The molecule has 2 N–H and O–H groups in total. The zero-order valence-electron chi connectivity index (χ0n) is 17.3. The number of aromatic amines is 1. The maximum absolute atomic E-state index is 12.4. The second kappa shape index (κ2) is 10.3. The summed E-state index contributed by atoms with van der Waals surface area (Å²) < 4.78 is 5.92. The number of hydrogen-bond acceptors (Lipinski definition) is 6. The summed E-state index contributed by atoms with van der Waals surface area (Å²) in [5.74, 6) is 0.697. The van der Waals surface area contributed by atoms with E-state index in [1.54, 1.807) is 42.5 Å². The van der Waals surface area contributed by atoms with Crippen molar-refractivity contribution in [2.24, 2.45) is 5.10 Å². The maximum Gasteiger partial charge on any atom is 0.270 e. The maximum atomic E-state index is 12.4. The molecule has 0 aliphatic carbocycles. The summed E-state index contributed by atoms with van der Waals surface area (Å²) in [5.41, 5.74) is 4.68. The Morgan fingerprint density at radius 1 is 1.09 bits per heavy atom. The second-order valence-electron chi connectivity index (χ2n) is 6.94. The van der Waals surface area contributed by atoms with Crippen molar-refractivity contribution < 1.29 is 4.74 Å². The van der Waals surface area contributed by atoms with Gasteiger partial charge in [0.15, 0.2) is 0 Å². The summed E-state index contributed by atoms with van der Waals surface area (Å²) >= 11 is 6.14. The van der Waals surface area contributed by atoms with Crippen molar-refractivity contribution >= 4 is 23.8 Å². The zero-order chi connectivity index (χ0) is 23.0. The van der Waals surface area contributed by atoms with Crippen LogP contribution in [-0.4, -0.2) is 16.2 Å². The molecule has 3 aromatic carbocycles. The lowest BCUT2D eigenvalue weighted by Crippen LogP contribution is -2.16. The molecule has 1 aromatic heterocycles. The molecule has 0 aliphatic rings. The molecular weight excluding hydrogens is 438 g/mol. The molecule has 0 spiro atoms. The summed E-state index contributed by atoms with van der Waals surface area (Å²) in [6.45, 7) is 0.391. The molecule has 0 bridgehead atoms. The van der Waals surface area contributed by atoms with Crippen LogP contribution in [0.1, 0.15) is 16.7 Å². The lowest BCUT2D eigenvalue weighted by Gasteiger charge is -2.10. The molecule has 0 unspecified atom stereocenters. The standard InChI is InChI=1S/C25H18ClN5O2/c26-20-11-12-22(33-16-17-7-3-1-4-8-17)19(13-20)15-28-31-25-29-23(18-9-5-2-6-10-18)21(14-27)24(32)30-25/h1-13,15H,16H2,(H2,29,30,31,32). The van der Waals surface area contributed by atoms with E-state index in [1.165, 1.54) is 6.21 Å². The fraction of sp³-hybridized carbons (Fsp3) is 0.0400. The first-order valence-electron chi connectivity index (χ1n) is 9.99. The highest BCUT2D eigenvalue weighted by Crippen LogP contribution is 2.23. The molecule has 1 heterocycles. The van der Waals surface area contributed by atoms with E-state index < -0.39 is 5.56 Å². The van der Waals surface area contributed by atoms with Gasteiger partial charge in [-0.05, 0) is 23.8 Å². The number of hydrazone groups is 1. The van der Waals surface area contributed by atoms with Crippen molar-refractivity contribution in [2.75, 3.05) is 5.43 Å². The van der Waals surface area contributed by atoms with Gasteiger partial charge in [-0.2, -0.15) is 10.4 Å². The Kier molecular flexibility index (Phi) is 6.78. The molecule has 0 radical (unpaired) electrons. The second-order valence-corrected chi connectivity index (χ2v) is 7.38. The van der Waals surface area contributed by atoms with Crippen molar-refractivity contribution in [3.05, 3.63) is 111 Å². The highest BCUT2D eigenvalue weighted by atomic mass is 35.5. The van der Waals surface area contributed by atoms with Gasteiger partial charge in [-0.1, -0.05) is 72.3 Å². The Morgan fingerprint density at radius 3 is 2.55 bits per heavy atom. The van der Waals surface area contributed by atoms with E-state index >= 15 is 0 Å². The first-order valence-corrected chi connectivity index (χ1v) is 10.4. The van der Waals surface area contributed by atoms with Crippen LogP contribution in [-0.2, 0) is 6.61 Å². The average Bonchev–Trinajstić information content (AvgIpc) is 2.84. The molecule has 162 valence electrons. The van der Waals surface area contributed by atoms with Crippen LogP contribution in [0, 0.1) is 11.3 Å². The molecule has 0 fully saturated rings. The lowest BCUT2D eigenvalue weighted by atomic mass is 10.1. The van der Waals surface area contributed by atoms with Crippen molar-refractivity contribution in [2.45, 2.75) is 6.61 Å². The quantitative estimate of drug-likeness (QED) is 0.302. The number of aromatic nitrogens is 2. The largest absolute Gasteiger partial charge is 0.488 e. The van der Waals surface area contributed by atoms with Crippen molar-refractivity contribution in [1.29, 1.82) is 5.26 Å². The SMILES string of the molecule is N#Cc1c(-c2ccccc2)nc(NN=Cc2cc(Cl)ccc2OCc2ccccc2)[nH]c1=O. The monoisotopic (exact) mass is 455 g/mol. The normalized spacial score (nSPS) is 10.7. The highest BCUT2D eigenvalue weighted by Gasteiger charge is 2.13. The summed E-state index contributed by atoms with van der Waals surface area (Å²) in [7, 11) is 0. The molecule has 0 atom stereocenters. The fourth-order valence-corrected chi connectivity index (χ4v) is 3.27. The Bertz CT molecular complexity index is 1380. The molecule has 0 amide bonds. The van der Waals surface area contributed by atoms with Gasteiger partial charge >= 0.3 is 0 Å². The molecule has 0 saturated heterocycles. The Balaban J connectivity index is 1.56. The number of nitrogens with zero attached hydrogens (tertiary/aromatic N) is 3. The zero-order valence-corrected chi connectivity index (χ0v) is 18.1. The van der Waals surface area contributed by atoms with Gasteiger partial charge in [-0.15, -0.1) is 0 Å². The number of benzene rings is 3. The van der Waals surface area contributed by atoms with E-state index in [9.17, 15) is 10.1 Å². The number of H-pyrrole nitrogens is 1. The predicted molar refractivity (Wildman–Crippen MR) is 128 cm³/mol. The van der Waals surface area contributed by atoms with Crippen LogP contribution in [0.2, 0.25) is 5.02 Å². The Morgan fingerprint density at radius 2 is 1.82 bits per heavy atom. The van der Waals surface area contributed by atoms with E-state index in [0.717, 1.165) is 5.56 Å². The number of ether oxygens (including phenoxy) is 1. The third-order valence-electron chi connectivity index (χ3n) is 4.66. The summed E-state index contributed by atoms with van der Waals surface area (Å²) in [5, 5.41) is 14.1. The Hall–Kier alpha value is -4.41. The van der Waals surface area contributed by atoms with E-state index in [0.29, 0.717) is 28.5 Å². The summed E-state index contributed by atoms with van der Waals surface area (Å²) in [6, 6.07) is 25.9. The molecule has 4 aromatic rings. The minimum absolute atomic E-state index is 0.0674. The number of rotatable bonds is 7. The Labute approximate surface area is 195 Å². The van der Waals surface area contributed by atoms with Gasteiger partial charge in [0, 0.05) is 16.1 Å². The van der Waals surface area contributed by atoms with Gasteiger partial charge < -0.3 is 4.74 Å². The van der Waals surface area contributed by atoms with Gasteiger partial charge in [0.1, 0.15) is 24.0 Å². The molecule has 0 saturated carbocycles. The van der Waals surface area contributed by atoms with Crippen LogP contribution in [0.25, 0.3) is 11.3 Å². The average molecular weight is 456 g/mol. The topological polar surface area (TPSA) is 103 Å². The third kappa shape index (κ3) is 5.45. The number of hydrogen-bond donors (Lipinski definition) is 2. The van der Waals surface area contributed by atoms with E-state index in [4.69, 9.17) is 16.3 Å². The third-order valence-corrected chi connectivity index (χ3v) is 4.90. The lowest BCUT2D eigenvalue weighted by molar-refractivity contribution is 0.306. The van der Waals surface area contributed by atoms with Crippen molar-refractivity contribution in [3.63, 3.8) is 0 Å². The van der Waals surface area contributed by atoms with Crippen molar-refractivity contribution in [3.8, 4) is 23.1 Å². The molecule has 0 aliphatic heterocycles. The predicted octanol–water partition coefficient (Wildman–Crippen LogP) is 4.99. The van der Waals surface area contributed by atoms with Gasteiger partial charge in [-0.25, -0.2) is 10.4 Å². The van der Waals surface area contributed by atoms with Crippen molar-refractivity contribution in [1.82, 2.24) is 9.97 Å². The smallest absolute Gasteiger partial charge is 0.270 e. The van der Waals surface area contributed by atoms with Gasteiger partial charge in [-0.3, -0.25) is 9.78 Å². The molecule has 4 rings (SSSR count). The van der Waals surface area contributed by atoms with Crippen LogP contribution in [0.4, 0.5) is 5.95 Å². The van der Waals surface area contributed by atoms with E-state index in [-0.39, 0.29) is 17.2 Å². The summed E-state index contributed by atoms with van der Waals surface area (Å²) in [6.07, 6.45) is 1.52. The number of nitriles is 1. The van der Waals surface area contributed by atoms with Gasteiger partial charge in [0.25, 0.3) is 5.56 Å². The molecule has 8 heteroatoms. The van der Waals surface area contributed by atoms with Crippen LogP contribution >= 0.6 is 11.6 Å². The number of anilines is 1. The highest BCUT2D eigenvalue weighted by molar-refractivity contribution is 6.30. The van der Waals surface area contributed by atoms with Gasteiger partial charge in [0.05, 0.1) is 11.9 Å². The van der Waals surface area contributed by atoms with Crippen LogP contribution in [0.15, 0.2) is 88.8 Å². The fourth-order valence-electron chi connectivity index (χ4n) is 3.08. The van der Waals surface area contributed by atoms with Crippen LogP contribution in [0.5, 0.6) is 5.75 Å². The molecule has 33 heavy (non-hydrogen) atoms. The molecule has 7 nitrogen and oxygen atoms in total. The number of nitrogens with one attached hydrogen (secondary N) is 2. The number of halogens is 1. The minimum atomic E-state index is -0.557. The van der Waals surface area contributed by atoms with E-state index in [1.807, 2.05) is 42.5 Å². The molecular formula is C25H18ClN5O2. The summed E-state index contributed by atoms with van der Waals surface area (Å²) in [4.78, 5) is 19.3. The first kappa shape index (κ1) is 21.8. The minimum Gasteiger partial charge on any atom is -0.488 e. The first-order chi connectivity index (χ1) is 16.1. The van der Waals surface area contributed by atoms with Crippen LogP contribution < -0.4 is 15.7 Å².